The van der Waals surface area contributed by atoms with Crippen molar-refractivity contribution >= 4 is 70.2 Å². The lowest BCUT2D eigenvalue weighted by Crippen LogP contribution is -2.19. The summed E-state index contributed by atoms with van der Waals surface area (Å²) in [7, 11) is 0. The summed E-state index contributed by atoms with van der Waals surface area (Å²) < 4.78 is 1.61. The van der Waals surface area contributed by atoms with Crippen molar-refractivity contribution in [2.24, 2.45) is 5.10 Å². The molecular weight excluding hydrogens is 455 g/mol. The smallest absolute Gasteiger partial charge is 0.250 e. The molecule has 0 fully saturated rings. The molecule has 0 bridgehead atoms. The summed E-state index contributed by atoms with van der Waals surface area (Å²) in [5, 5.41) is 13.6. The van der Waals surface area contributed by atoms with Crippen LogP contribution in [0, 0.1) is 0 Å². The number of aromatic nitrogens is 2. The van der Waals surface area contributed by atoms with Crippen molar-refractivity contribution in [1.82, 2.24) is 15.6 Å². The lowest BCUT2D eigenvalue weighted by molar-refractivity contribution is -0.118. The third kappa shape index (κ3) is 7.10. The van der Waals surface area contributed by atoms with Gasteiger partial charge >= 0.3 is 0 Å². The minimum Gasteiger partial charge on any atom is -0.272 e. The van der Waals surface area contributed by atoms with Crippen LogP contribution in [-0.2, 0) is 10.5 Å². The largest absolute Gasteiger partial charge is 0.272 e. The number of nitrogens with zero attached hydrogens (tertiary/aromatic N) is 3. The van der Waals surface area contributed by atoms with Crippen LogP contribution in [0.2, 0.25) is 10.0 Å². The Hall–Kier alpha value is -1.58. The van der Waals surface area contributed by atoms with Crippen LogP contribution in [0.5, 0.6) is 0 Å². The zero-order chi connectivity index (χ0) is 19.8. The van der Waals surface area contributed by atoms with E-state index in [-0.39, 0.29) is 11.7 Å². The zero-order valence-corrected chi connectivity index (χ0v) is 18.3. The highest BCUT2D eigenvalue weighted by Crippen LogP contribution is 2.30. The van der Waals surface area contributed by atoms with Crippen LogP contribution >= 0.6 is 58.1 Å². The summed E-state index contributed by atoms with van der Waals surface area (Å²) in [6.45, 7) is 0. The van der Waals surface area contributed by atoms with Crippen molar-refractivity contribution in [3.63, 3.8) is 0 Å². The van der Waals surface area contributed by atoms with Crippen LogP contribution in [-0.4, -0.2) is 28.1 Å². The Labute approximate surface area is 184 Å². The van der Waals surface area contributed by atoms with E-state index < -0.39 is 0 Å². The van der Waals surface area contributed by atoms with Crippen LogP contribution < -0.4 is 5.43 Å². The standard InChI is InChI=1S/C18H14Cl2N4OS3/c19-14-5-1-12(2-6-14)9-21-22-16(25)11-27-18-24-23-17(28-18)26-10-13-3-7-15(20)8-4-13/h1-9H,10-11H2,(H,22,25). The van der Waals surface area contributed by atoms with E-state index in [4.69, 9.17) is 23.2 Å². The van der Waals surface area contributed by atoms with Gasteiger partial charge in [0.15, 0.2) is 8.68 Å². The van der Waals surface area contributed by atoms with Crippen molar-refractivity contribution in [2.75, 3.05) is 5.75 Å². The zero-order valence-electron chi connectivity index (χ0n) is 14.3. The van der Waals surface area contributed by atoms with E-state index in [1.165, 1.54) is 23.1 Å². The number of nitrogens with one attached hydrogen (secondary N) is 1. The van der Waals surface area contributed by atoms with Crippen molar-refractivity contribution in [3.8, 4) is 0 Å². The van der Waals surface area contributed by atoms with Gasteiger partial charge in [-0.25, -0.2) is 5.43 Å². The van der Waals surface area contributed by atoms with Crippen LogP contribution in [0.25, 0.3) is 0 Å². The Morgan fingerprint density at radius 1 is 1.00 bits per heavy atom. The molecule has 0 atom stereocenters. The van der Waals surface area contributed by atoms with Gasteiger partial charge in [-0.1, -0.05) is 82.3 Å². The van der Waals surface area contributed by atoms with E-state index in [1.807, 2.05) is 36.4 Å². The van der Waals surface area contributed by atoms with E-state index in [1.54, 1.807) is 30.1 Å². The van der Waals surface area contributed by atoms with E-state index in [2.05, 4.69) is 20.7 Å². The van der Waals surface area contributed by atoms with Crippen LogP contribution in [0.1, 0.15) is 11.1 Å². The summed E-state index contributed by atoms with van der Waals surface area (Å²) in [6, 6.07) is 14.9. The molecule has 0 aliphatic rings. The molecule has 28 heavy (non-hydrogen) atoms. The Bertz CT molecular complexity index is 946. The maximum Gasteiger partial charge on any atom is 0.250 e. The second-order valence-electron chi connectivity index (χ2n) is 5.38. The second kappa shape index (κ2) is 10.8. The van der Waals surface area contributed by atoms with Gasteiger partial charge in [-0.3, -0.25) is 4.79 Å². The molecule has 2 aromatic carbocycles. The highest BCUT2D eigenvalue weighted by atomic mass is 35.5. The molecule has 144 valence electrons. The fourth-order valence-corrected chi connectivity index (χ4v) is 4.95. The first-order valence-corrected chi connectivity index (χ1v) is 11.5. The number of rotatable bonds is 8. The van der Waals surface area contributed by atoms with Gasteiger partial charge in [0.25, 0.3) is 5.91 Å². The first-order chi connectivity index (χ1) is 13.6. The minimum atomic E-state index is -0.208. The molecule has 3 rings (SSSR count). The Morgan fingerprint density at radius 2 is 1.61 bits per heavy atom. The molecule has 0 spiro atoms. The van der Waals surface area contributed by atoms with Gasteiger partial charge < -0.3 is 0 Å². The van der Waals surface area contributed by atoms with Crippen molar-refractivity contribution < 1.29 is 4.79 Å². The molecule has 0 radical (unpaired) electrons. The lowest BCUT2D eigenvalue weighted by atomic mass is 10.2. The number of hydrazone groups is 1. The molecule has 1 N–H and O–H groups in total. The van der Waals surface area contributed by atoms with Gasteiger partial charge in [0.1, 0.15) is 0 Å². The normalized spacial score (nSPS) is 11.1. The van der Waals surface area contributed by atoms with Gasteiger partial charge in [-0.15, -0.1) is 10.2 Å². The van der Waals surface area contributed by atoms with Crippen LogP contribution in [0.15, 0.2) is 62.3 Å². The quantitative estimate of drug-likeness (QED) is 0.273. The maximum atomic E-state index is 11.9. The average Bonchev–Trinajstić information content (AvgIpc) is 3.15. The highest BCUT2D eigenvalue weighted by Gasteiger charge is 2.08. The number of benzene rings is 2. The molecule has 0 aliphatic carbocycles. The van der Waals surface area contributed by atoms with Crippen LogP contribution in [0.4, 0.5) is 0 Å². The number of hydrogen-bond acceptors (Lipinski definition) is 7. The average molecular weight is 469 g/mol. The van der Waals surface area contributed by atoms with Gasteiger partial charge in [-0.2, -0.15) is 5.10 Å². The molecule has 0 aliphatic heterocycles. The fraction of sp³-hybridized carbons (Fsp3) is 0.111. The van der Waals surface area contributed by atoms with Gasteiger partial charge in [0.2, 0.25) is 0 Å². The lowest BCUT2D eigenvalue weighted by Gasteiger charge is -1.98. The molecule has 1 heterocycles. The van der Waals surface area contributed by atoms with Crippen molar-refractivity contribution in [2.45, 2.75) is 14.4 Å². The molecule has 1 aromatic heterocycles. The molecule has 0 unspecified atom stereocenters. The summed E-state index contributed by atoms with van der Waals surface area (Å²) in [5.41, 5.74) is 4.51. The maximum absolute atomic E-state index is 11.9. The predicted molar refractivity (Wildman–Crippen MR) is 119 cm³/mol. The number of amides is 1. The van der Waals surface area contributed by atoms with Gasteiger partial charge in [0.05, 0.1) is 12.0 Å². The van der Waals surface area contributed by atoms with Crippen LogP contribution in [0.3, 0.4) is 0 Å². The highest BCUT2D eigenvalue weighted by molar-refractivity contribution is 8.03. The number of halogens is 2. The minimum absolute atomic E-state index is 0.208. The third-order valence-electron chi connectivity index (χ3n) is 3.26. The summed E-state index contributed by atoms with van der Waals surface area (Å²) in [5.74, 6) is 0.797. The summed E-state index contributed by atoms with van der Waals surface area (Å²) >= 11 is 16.1. The molecule has 0 saturated heterocycles. The van der Waals surface area contributed by atoms with Gasteiger partial charge in [0, 0.05) is 15.8 Å². The second-order valence-corrected chi connectivity index (χ2v) is 9.68. The Balaban J connectivity index is 1.40. The predicted octanol–water partition coefficient (Wildman–Crippen LogP) is 5.38. The number of hydrogen-bond donors (Lipinski definition) is 1. The summed E-state index contributed by atoms with van der Waals surface area (Å²) in [4.78, 5) is 11.9. The first kappa shape index (κ1) is 21.1. The molecular formula is C18H14Cl2N4OS3. The Kier molecular flexibility index (Phi) is 8.17. The topological polar surface area (TPSA) is 67.2 Å². The van der Waals surface area contributed by atoms with Crippen molar-refractivity contribution in [3.05, 3.63) is 69.7 Å². The molecule has 0 saturated carbocycles. The first-order valence-electron chi connectivity index (χ1n) is 7.99. The molecule has 1 amide bonds. The van der Waals surface area contributed by atoms with Crippen molar-refractivity contribution in [1.29, 1.82) is 0 Å². The number of carbonyl (C=O) groups excluding carboxylic acids is 1. The third-order valence-corrected chi connectivity index (χ3v) is 7.03. The molecule has 5 nitrogen and oxygen atoms in total. The summed E-state index contributed by atoms with van der Waals surface area (Å²) in [6.07, 6.45) is 1.56. The van der Waals surface area contributed by atoms with Gasteiger partial charge in [-0.05, 0) is 35.4 Å². The number of thioether (sulfide) groups is 2. The van der Waals surface area contributed by atoms with E-state index in [0.717, 1.165) is 30.6 Å². The molecule has 10 heteroatoms. The van der Waals surface area contributed by atoms with E-state index >= 15 is 0 Å². The van der Waals surface area contributed by atoms with E-state index in [9.17, 15) is 4.79 Å². The monoisotopic (exact) mass is 468 g/mol. The van der Waals surface area contributed by atoms with E-state index in [0.29, 0.717) is 5.02 Å². The molecule has 3 aromatic rings. The SMILES string of the molecule is O=C(CSc1nnc(SCc2ccc(Cl)cc2)s1)NN=Cc1ccc(Cl)cc1. The Morgan fingerprint density at radius 3 is 2.29 bits per heavy atom. The number of carbonyl (C=O) groups is 1. The fourth-order valence-electron chi connectivity index (χ4n) is 1.93.